The van der Waals surface area contributed by atoms with Gasteiger partial charge in [0.15, 0.2) is 0 Å². The molecule has 2 aromatic heterocycles. The van der Waals surface area contributed by atoms with Crippen molar-refractivity contribution in [1.82, 2.24) is 19.5 Å². The number of nitrogens with zero attached hydrogens (tertiary/aromatic N) is 3. The molecular formula is C14H13FN4O2S2. The predicted octanol–water partition coefficient (Wildman–Crippen LogP) is 1.99. The Bertz CT molecular complexity index is 891. The first-order chi connectivity index (χ1) is 11.0. The number of sulfonamides is 1. The summed E-state index contributed by atoms with van der Waals surface area (Å²) in [6.07, 6.45) is 3.88. The Labute approximate surface area is 136 Å². The highest BCUT2D eigenvalue weighted by Crippen LogP contribution is 2.14. The van der Waals surface area contributed by atoms with E-state index in [4.69, 9.17) is 0 Å². The third-order valence-corrected chi connectivity index (χ3v) is 5.36. The van der Waals surface area contributed by atoms with Crippen molar-refractivity contribution in [1.29, 1.82) is 0 Å². The maximum atomic E-state index is 13.1. The van der Waals surface area contributed by atoms with Gasteiger partial charge in [-0.25, -0.2) is 27.2 Å². The molecule has 0 saturated carbocycles. The highest BCUT2D eigenvalue weighted by atomic mass is 32.2. The number of benzene rings is 1. The Balaban J connectivity index is 1.61. The van der Waals surface area contributed by atoms with Crippen LogP contribution in [0.2, 0.25) is 0 Å². The third-order valence-electron chi connectivity index (χ3n) is 3.02. The molecule has 0 aliphatic rings. The highest BCUT2D eigenvalue weighted by Gasteiger charge is 2.14. The van der Waals surface area contributed by atoms with Gasteiger partial charge in [-0.2, -0.15) is 5.10 Å². The van der Waals surface area contributed by atoms with Gasteiger partial charge in [-0.1, -0.05) is 6.07 Å². The van der Waals surface area contributed by atoms with E-state index in [-0.39, 0.29) is 11.4 Å². The number of hydrogen-bond donors (Lipinski definition) is 1. The van der Waals surface area contributed by atoms with E-state index in [0.29, 0.717) is 6.42 Å². The van der Waals surface area contributed by atoms with Gasteiger partial charge in [-0.15, -0.1) is 11.3 Å². The number of rotatable bonds is 6. The van der Waals surface area contributed by atoms with Gasteiger partial charge >= 0.3 is 0 Å². The number of thiazole rings is 1. The second-order valence-corrected chi connectivity index (χ2v) is 7.28. The monoisotopic (exact) mass is 352 g/mol. The maximum absolute atomic E-state index is 13.1. The van der Waals surface area contributed by atoms with Crippen LogP contribution < -0.4 is 4.72 Å². The Hall–Kier alpha value is -2.10. The molecule has 0 amide bonds. The van der Waals surface area contributed by atoms with Crippen molar-refractivity contribution in [3.05, 3.63) is 59.6 Å². The lowest BCUT2D eigenvalue weighted by molar-refractivity contribution is 0.577. The van der Waals surface area contributed by atoms with E-state index in [9.17, 15) is 12.8 Å². The second kappa shape index (κ2) is 6.57. The molecule has 0 atom stereocenters. The Kier molecular flexibility index (Phi) is 4.51. The van der Waals surface area contributed by atoms with Gasteiger partial charge in [0, 0.05) is 30.7 Å². The zero-order valence-electron chi connectivity index (χ0n) is 11.9. The summed E-state index contributed by atoms with van der Waals surface area (Å²) in [6.45, 7) is 0.182. The topological polar surface area (TPSA) is 76.9 Å². The summed E-state index contributed by atoms with van der Waals surface area (Å²) in [5.74, 6) is -0.587. The summed E-state index contributed by atoms with van der Waals surface area (Å²) in [4.78, 5) is 4.29. The molecule has 1 N–H and O–H groups in total. The lowest BCUT2D eigenvalue weighted by Crippen LogP contribution is -2.26. The fourth-order valence-electron chi connectivity index (χ4n) is 1.93. The van der Waals surface area contributed by atoms with Gasteiger partial charge in [-0.05, 0) is 24.3 Å². The van der Waals surface area contributed by atoms with E-state index in [2.05, 4.69) is 14.8 Å². The average Bonchev–Trinajstić information content (AvgIpc) is 3.18. The molecule has 23 heavy (non-hydrogen) atoms. The Morgan fingerprint density at radius 1 is 1.30 bits per heavy atom. The quantitative estimate of drug-likeness (QED) is 0.736. The SMILES string of the molecule is O=S(=O)(NCCc1csc(-n2cccn2)n1)c1cccc(F)c1. The van der Waals surface area contributed by atoms with Crippen LogP contribution in [0.25, 0.3) is 5.13 Å². The van der Waals surface area contributed by atoms with Crippen LogP contribution in [0, 0.1) is 5.82 Å². The molecule has 0 radical (unpaired) electrons. The molecule has 0 fully saturated rings. The van der Waals surface area contributed by atoms with Crippen molar-refractivity contribution in [2.24, 2.45) is 0 Å². The minimum Gasteiger partial charge on any atom is -0.223 e. The van der Waals surface area contributed by atoms with Crippen LogP contribution in [0.5, 0.6) is 0 Å². The zero-order chi connectivity index (χ0) is 16.3. The molecule has 2 heterocycles. The molecule has 0 aliphatic heterocycles. The van der Waals surface area contributed by atoms with E-state index in [1.165, 1.54) is 29.5 Å². The van der Waals surface area contributed by atoms with Crippen LogP contribution in [-0.4, -0.2) is 29.7 Å². The van der Waals surface area contributed by atoms with Gasteiger partial charge in [0.2, 0.25) is 15.2 Å². The minimum absolute atomic E-state index is 0.0898. The Morgan fingerprint density at radius 3 is 2.91 bits per heavy atom. The molecule has 1 aromatic carbocycles. The first kappa shape index (κ1) is 15.8. The van der Waals surface area contributed by atoms with Crippen molar-refractivity contribution < 1.29 is 12.8 Å². The van der Waals surface area contributed by atoms with Crippen LogP contribution in [0.1, 0.15) is 5.69 Å². The molecular weight excluding hydrogens is 339 g/mol. The van der Waals surface area contributed by atoms with E-state index in [1.54, 1.807) is 23.1 Å². The number of halogens is 1. The molecule has 120 valence electrons. The van der Waals surface area contributed by atoms with Crippen molar-refractivity contribution in [2.75, 3.05) is 6.54 Å². The summed E-state index contributed by atoms with van der Waals surface area (Å²) in [5, 5.41) is 6.66. The van der Waals surface area contributed by atoms with E-state index in [0.717, 1.165) is 16.9 Å². The van der Waals surface area contributed by atoms with Crippen LogP contribution in [-0.2, 0) is 16.4 Å². The number of hydrogen-bond acceptors (Lipinski definition) is 5. The third kappa shape index (κ3) is 3.81. The highest BCUT2D eigenvalue weighted by molar-refractivity contribution is 7.89. The second-order valence-electron chi connectivity index (χ2n) is 4.68. The van der Waals surface area contributed by atoms with Crippen molar-refractivity contribution >= 4 is 21.4 Å². The summed E-state index contributed by atoms with van der Waals surface area (Å²) < 4.78 is 41.3. The van der Waals surface area contributed by atoms with Crippen LogP contribution in [0.3, 0.4) is 0 Å². The minimum atomic E-state index is -3.72. The predicted molar refractivity (Wildman–Crippen MR) is 84.5 cm³/mol. The molecule has 0 bridgehead atoms. The van der Waals surface area contributed by atoms with Crippen LogP contribution in [0.15, 0.2) is 53.0 Å². The first-order valence-electron chi connectivity index (χ1n) is 6.74. The number of aromatic nitrogens is 3. The van der Waals surface area contributed by atoms with Crippen LogP contribution >= 0.6 is 11.3 Å². The van der Waals surface area contributed by atoms with E-state index in [1.807, 2.05) is 5.38 Å². The Morgan fingerprint density at radius 2 is 2.17 bits per heavy atom. The summed E-state index contributed by atoms with van der Waals surface area (Å²) >= 11 is 1.43. The van der Waals surface area contributed by atoms with E-state index < -0.39 is 15.8 Å². The normalized spacial score (nSPS) is 11.7. The number of nitrogens with one attached hydrogen (secondary N) is 1. The smallest absolute Gasteiger partial charge is 0.223 e. The summed E-state index contributed by atoms with van der Waals surface area (Å²) in [6, 6.07) is 6.70. The van der Waals surface area contributed by atoms with Crippen molar-refractivity contribution in [3.8, 4) is 5.13 Å². The molecule has 6 nitrogen and oxygen atoms in total. The van der Waals surface area contributed by atoms with Gasteiger partial charge in [0.25, 0.3) is 0 Å². The zero-order valence-corrected chi connectivity index (χ0v) is 13.5. The maximum Gasteiger partial charge on any atom is 0.240 e. The lowest BCUT2D eigenvalue weighted by Gasteiger charge is -2.05. The average molecular weight is 352 g/mol. The van der Waals surface area contributed by atoms with Gasteiger partial charge in [0.1, 0.15) is 5.82 Å². The fourth-order valence-corrected chi connectivity index (χ4v) is 3.79. The molecule has 3 aromatic rings. The van der Waals surface area contributed by atoms with Crippen molar-refractivity contribution in [3.63, 3.8) is 0 Å². The standard InChI is InChI=1S/C14H13FN4O2S2/c15-11-3-1-4-13(9-11)23(20,21)17-7-5-12-10-22-14(18-12)19-8-2-6-16-19/h1-4,6,8-10,17H,5,7H2. The van der Waals surface area contributed by atoms with Gasteiger partial charge in [-0.3, -0.25) is 0 Å². The largest absolute Gasteiger partial charge is 0.240 e. The lowest BCUT2D eigenvalue weighted by atomic mass is 10.3. The molecule has 0 unspecified atom stereocenters. The van der Waals surface area contributed by atoms with Crippen LogP contribution in [0.4, 0.5) is 4.39 Å². The fraction of sp³-hybridized carbons (Fsp3) is 0.143. The summed E-state index contributed by atoms with van der Waals surface area (Å²) in [7, 11) is -3.72. The molecule has 3 rings (SSSR count). The van der Waals surface area contributed by atoms with E-state index >= 15 is 0 Å². The van der Waals surface area contributed by atoms with Gasteiger partial charge in [0.05, 0.1) is 10.6 Å². The van der Waals surface area contributed by atoms with Gasteiger partial charge < -0.3 is 0 Å². The van der Waals surface area contributed by atoms with Crippen molar-refractivity contribution in [2.45, 2.75) is 11.3 Å². The molecule has 0 aliphatic carbocycles. The molecule has 0 saturated heterocycles. The first-order valence-corrected chi connectivity index (χ1v) is 9.10. The summed E-state index contributed by atoms with van der Waals surface area (Å²) in [5.41, 5.74) is 0.766. The molecule has 0 spiro atoms. The molecule has 9 heteroatoms.